The van der Waals surface area contributed by atoms with Gasteiger partial charge < -0.3 is 20.7 Å². The normalized spacial score (nSPS) is 12.3. The summed E-state index contributed by atoms with van der Waals surface area (Å²) in [6.07, 6.45) is -2.86. The molecule has 0 saturated heterocycles. The number of aliphatic hydroxyl groups excluding tert-OH is 2. The van der Waals surface area contributed by atoms with E-state index in [4.69, 9.17) is 10.5 Å². The molecular weight excluding hydrogens is 395 g/mol. The van der Waals surface area contributed by atoms with Crippen LogP contribution in [0.15, 0.2) is 36.4 Å². The Bertz CT molecular complexity index is 833. The zero-order valence-corrected chi connectivity index (χ0v) is 17.4. The molecule has 0 aromatic heterocycles. The molecule has 30 heavy (non-hydrogen) atoms. The SMILES string of the molecule is Cc1ccc(CCCOc2ccc(CCC(N)(CO)CO)cc2C(F)(F)F)cc1C. The maximum Gasteiger partial charge on any atom is 0.419 e. The van der Waals surface area contributed by atoms with Crippen LogP contribution in [0.1, 0.15) is 40.7 Å². The largest absolute Gasteiger partial charge is 0.493 e. The van der Waals surface area contributed by atoms with Crippen molar-refractivity contribution in [1.82, 2.24) is 0 Å². The van der Waals surface area contributed by atoms with Crippen molar-refractivity contribution in [3.63, 3.8) is 0 Å². The molecule has 2 aromatic carbocycles. The van der Waals surface area contributed by atoms with E-state index in [9.17, 15) is 23.4 Å². The van der Waals surface area contributed by atoms with Crippen LogP contribution in [0.5, 0.6) is 5.75 Å². The van der Waals surface area contributed by atoms with Crippen LogP contribution in [0.4, 0.5) is 13.2 Å². The standard InChI is InChI=1S/C23H30F3NO3/c1-16-5-6-18(12-17(16)2)4-3-11-30-21-8-7-19(13-20(21)23(24,25)26)9-10-22(27,14-28)15-29/h5-8,12-13,28-29H,3-4,9-11,14-15,27H2,1-2H3. The predicted molar refractivity (Wildman–Crippen MR) is 111 cm³/mol. The number of hydrogen-bond acceptors (Lipinski definition) is 4. The monoisotopic (exact) mass is 425 g/mol. The molecule has 0 aliphatic carbocycles. The van der Waals surface area contributed by atoms with Gasteiger partial charge in [-0.05, 0) is 73.9 Å². The van der Waals surface area contributed by atoms with Crippen LogP contribution in [-0.2, 0) is 19.0 Å². The molecule has 0 saturated carbocycles. The number of alkyl halides is 3. The third-order valence-electron chi connectivity index (χ3n) is 5.33. The number of benzene rings is 2. The first-order valence-electron chi connectivity index (χ1n) is 9.97. The summed E-state index contributed by atoms with van der Waals surface area (Å²) in [5.74, 6) is -0.199. The summed E-state index contributed by atoms with van der Waals surface area (Å²) in [7, 11) is 0. The highest BCUT2D eigenvalue weighted by atomic mass is 19.4. The molecule has 0 spiro atoms. The fourth-order valence-corrected chi connectivity index (χ4v) is 3.10. The van der Waals surface area contributed by atoms with Crippen molar-refractivity contribution in [2.24, 2.45) is 5.73 Å². The fourth-order valence-electron chi connectivity index (χ4n) is 3.10. The number of ether oxygens (including phenoxy) is 1. The lowest BCUT2D eigenvalue weighted by Crippen LogP contribution is -2.47. The average Bonchev–Trinajstić information content (AvgIpc) is 2.71. The number of aliphatic hydroxyl groups is 2. The second-order valence-corrected chi connectivity index (χ2v) is 7.88. The summed E-state index contributed by atoms with van der Waals surface area (Å²) >= 11 is 0. The first-order valence-corrected chi connectivity index (χ1v) is 9.97. The maximum atomic E-state index is 13.5. The minimum atomic E-state index is -4.55. The van der Waals surface area contributed by atoms with Gasteiger partial charge in [0.2, 0.25) is 0 Å². The van der Waals surface area contributed by atoms with E-state index in [2.05, 4.69) is 6.07 Å². The van der Waals surface area contributed by atoms with Crippen molar-refractivity contribution in [1.29, 1.82) is 0 Å². The quantitative estimate of drug-likeness (QED) is 0.504. The van der Waals surface area contributed by atoms with Gasteiger partial charge in [0.25, 0.3) is 0 Å². The van der Waals surface area contributed by atoms with Gasteiger partial charge in [-0.15, -0.1) is 0 Å². The molecule has 0 atom stereocenters. The van der Waals surface area contributed by atoms with Crippen LogP contribution >= 0.6 is 0 Å². The van der Waals surface area contributed by atoms with Crippen molar-refractivity contribution >= 4 is 0 Å². The van der Waals surface area contributed by atoms with Crippen molar-refractivity contribution in [3.05, 3.63) is 64.2 Å². The van der Waals surface area contributed by atoms with Crippen molar-refractivity contribution in [2.75, 3.05) is 19.8 Å². The van der Waals surface area contributed by atoms with Gasteiger partial charge in [-0.2, -0.15) is 13.2 Å². The Labute approximate surface area is 175 Å². The lowest BCUT2D eigenvalue weighted by Gasteiger charge is -2.24. The molecule has 2 aromatic rings. The first kappa shape index (κ1) is 24.2. The van der Waals surface area contributed by atoms with Gasteiger partial charge in [-0.1, -0.05) is 24.3 Å². The zero-order valence-electron chi connectivity index (χ0n) is 17.4. The topological polar surface area (TPSA) is 75.7 Å². The minimum Gasteiger partial charge on any atom is -0.493 e. The molecule has 166 valence electrons. The Morgan fingerprint density at radius 3 is 2.13 bits per heavy atom. The average molecular weight is 425 g/mol. The van der Waals surface area contributed by atoms with E-state index in [1.165, 1.54) is 17.2 Å². The van der Waals surface area contributed by atoms with Gasteiger partial charge in [-0.25, -0.2) is 0 Å². The molecule has 0 fully saturated rings. The summed E-state index contributed by atoms with van der Waals surface area (Å²) in [5, 5.41) is 18.5. The van der Waals surface area contributed by atoms with E-state index in [1.807, 2.05) is 26.0 Å². The lowest BCUT2D eigenvalue weighted by atomic mass is 9.93. The number of aryl methyl sites for hydroxylation is 4. The third-order valence-corrected chi connectivity index (χ3v) is 5.33. The Morgan fingerprint density at radius 1 is 0.900 bits per heavy atom. The number of nitrogens with two attached hydrogens (primary N) is 1. The zero-order chi connectivity index (χ0) is 22.4. The molecule has 0 amide bonds. The van der Waals surface area contributed by atoms with E-state index < -0.39 is 30.5 Å². The highest BCUT2D eigenvalue weighted by Gasteiger charge is 2.35. The van der Waals surface area contributed by atoms with Crippen molar-refractivity contribution < 1.29 is 28.1 Å². The van der Waals surface area contributed by atoms with Gasteiger partial charge in [-0.3, -0.25) is 0 Å². The third kappa shape index (κ3) is 6.72. The molecule has 4 nitrogen and oxygen atoms in total. The summed E-state index contributed by atoms with van der Waals surface area (Å²) in [6.45, 7) is 3.35. The molecular formula is C23H30F3NO3. The molecule has 0 bridgehead atoms. The fraction of sp³-hybridized carbons (Fsp3) is 0.478. The number of halogens is 3. The van der Waals surface area contributed by atoms with Crippen LogP contribution in [0, 0.1) is 13.8 Å². The van der Waals surface area contributed by atoms with Gasteiger partial charge >= 0.3 is 6.18 Å². The van der Waals surface area contributed by atoms with Crippen LogP contribution in [-0.4, -0.2) is 35.6 Å². The first-order chi connectivity index (χ1) is 14.1. The summed E-state index contributed by atoms with van der Waals surface area (Å²) < 4.78 is 46.0. The molecule has 7 heteroatoms. The molecule has 0 aliphatic rings. The molecule has 0 heterocycles. The van der Waals surface area contributed by atoms with Crippen LogP contribution in [0.25, 0.3) is 0 Å². The van der Waals surface area contributed by atoms with E-state index >= 15 is 0 Å². The Morgan fingerprint density at radius 2 is 1.53 bits per heavy atom. The summed E-state index contributed by atoms with van der Waals surface area (Å²) in [5.41, 5.74) is 7.69. The summed E-state index contributed by atoms with van der Waals surface area (Å²) in [4.78, 5) is 0. The number of rotatable bonds is 10. The molecule has 4 N–H and O–H groups in total. The van der Waals surface area contributed by atoms with Crippen LogP contribution in [0.3, 0.4) is 0 Å². The maximum absolute atomic E-state index is 13.5. The second-order valence-electron chi connectivity index (χ2n) is 7.88. The van der Waals surface area contributed by atoms with Crippen LogP contribution in [0.2, 0.25) is 0 Å². The minimum absolute atomic E-state index is 0.160. The Hall–Kier alpha value is -2.09. The predicted octanol–water partition coefficient (Wildman–Crippen LogP) is 3.95. The molecule has 0 radical (unpaired) electrons. The molecule has 2 rings (SSSR count). The Balaban J connectivity index is 2.01. The van der Waals surface area contributed by atoms with Crippen LogP contribution < -0.4 is 10.5 Å². The molecule has 0 aliphatic heterocycles. The van der Waals surface area contributed by atoms with Crippen molar-refractivity contribution in [3.8, 4) is 5.75 Å². The van der Waals surface area contributed by atoms with Gasteiger partial charge in [0, 0.05) is 0 Å². The van der Waals surface area contributed by atoms with E-state index in [0.29, 0.717) is 12.0 Å². The summed E-state index contributed by atoms with van der Waals surface area (Å²) in [6, 6.07) is 10.1. The molecule has 0 unspecified atom stereocenters. The van der Waals surface area contributed by atoms with E-state index in [-0.39, 0.29) is 25.2 Å². The van der Waals surface area contributed by atoms with E-state index in [1.54, 1.807) is 6.07 Å². The highest BCUT2D eigenvalue weighted by molar-refractivity contribution is 5.39. The van der Waals surface area contributed by atoms with Gasteiger partial charge in [0.1, 0.15) is 5.75 Å². The smallest absolute Gasteiger partial charge is 0.419 e. The van der Waals surface area contributed by atoms with Gasteiger partial charge in [0.05, 0.1) is 30.9 Å². The van der Waals surface area contributed by atoms with E-state index in [0.717, 1.165) is 18.1 Å². The van der Waals surface area contributed by atoms with Crippen molar-refractivity contribution in [2.45, 2.75) is 51.2 Å². The highest BCUT2D eigenvalue weighted by Crippen LogP contribution is 2.37. The second kappa shape index (κ2) is 10.3. The number of hydrogen-bond donors (Lipinski definition) is 3. The lowest BCUT2D eigenvalue weighted by molar-refractivity contribution is -0.139. The van der Waals surface area contributed by atoms with Gasteiger partial charge in [0.15, 0.2) is 0 Å². The Kier molecular flexibility index (Phi) is 8.29.